The van der Waals surface area contributed by atoms with Crippen LogP contribution in [0.2, 0.25) is 0 Å². The highest BCUT2D eigenvalue weighted by atomic mass is 15.2. The second-order valence-electron chi connectivity index (χ2n) is 6.85. The molecule has 2 fully saturated rings. The summed E-state index contributed by atoms with van der Waals surface area (Å²) >= 11 is 0. The van der Waals surface area contributed by atoms with Crippen molar-refractivity contribution in [3.63, 3.8) is 0 Å². The molecule has 1 aromatic heterocycles. The fourth-order valence-electron chi connectivity index (χ4n) is 3.94. The molecule has 122 valence electrons. The van der Waals surface area contributed by atoms with E-state index in [4.69, 9.17) is 0 Å². The predicted octanol–water partition coefficient (Wildman–Crippen LogP) is 4.38. The smallest absolute Gasteiger partial charge is 0.134 e. The molecule has 1 aromatic rings. The molecule has 1 saturated carbocycles. The van der Waals surface area contributed by atoms with E-state index in [2.05, 4.69) is 33.2 Å². The number of piperidine rings is 1. The van der Waals surface area contributed by atoms with Crippen molar-refractivity contribution in [2.45, 2.75) is 83.2 Å². The Morgan fingerprint density at radius 1 is 1.05 bits per heavy atom. The molecule has 2 aliphatic rings. The van der Waals surface area contributed by atoms with Gasteiger partial charge in [-0.25, -0.2) is 9.97 Å². The summed E-state index contributed by atoms with van der Waals surface area (Å²) in [5.74, 6) is 2.12. The van der Waals surface area contributed by atoms with Gasteiger partial charge in [0, 0.05) is 24.7 Å². The minimum absolute atomic E-state index is 0.591. The maximum Gasteiger partial charge on any atom is 0.134 e. The van der Waals surface area contributed by atoms with Crippen LogP contribution in [0.3, 0.4) is 0 Å². The van der Waals surface area contributed by atoms with Crippen LogP contribution in [0, 0.1) is 0 Å². The van der Waals surface area contributed by atoms with Crippen LogP contribution >= 0.6 is 0 Å². The molecule has 4 heteroatoms. The van der Waals surface area contributed by atoms with Gasteiger partial charge in [0.15, 0.2) is 0 Å². The number of nitrogens with zero attached hydrogens (tertiary/aromatic N) is 3. The Hall–Kier alpha value is -1.32. The quantitative estimate of drug-likeness (QED) is 0.838. The Morgan fingerprint density at radius 3 is 2.59 bits per heavy atom. The van der Waals surface area contributed by atoms with Gasteiger partial charge in [-0.05, 0) is 38.5 Å². The Bertz CT molecular complexity index is 454. The Kier molecular flexibility index (Phi) is 5.52. The van der Waals surface area contributed by atoms with E-state index in [1.165, 1.54) is 64.2 Å². The van der Waals surface area contributed by atoms with Gasteiger partial charge in [0.25, 0.3) is 0 Å². The van der Waals surface area contributed by atoms with Crippen LogP contribution in [0.4, 0.5) is 11.6 Å². The van der Waals surface area contributed by atoms with Crippen LogP contribution in [-0.4, -0.2) is 28.6 Å². The number of hydrogen-bond donors (Lipinski definition) is 1. The van der Waals surface area contributed by atoms with Gasteiger partial charge in [-0.3, -0.25) is 0 Å². The largest absolute Gasteiger partial charge is 0.367 e. The summed E-state index contributed by atoms with van der Waals surface area (Å²) < 4.78 is 0. The van der Waals surface area contributed by atoms with E-state index >= 15 is 0 Å². The third-order valence-corrected chi connectivity index (χ3v) is 5.25. The van der Waals surface area contributed by atoms with Gasteiger partial charge < -0.3 is 10.2 Å². The SMILES string of the molecule is CCC1CCCCN1c1cc(NC2CCCCCC2)ncn1. The molecule has 1 atom stereocenters. The molecule has 1 N–H and O–H groups in total. The Morgan fingerprint density at radius 2 is 1.82 bits per heavy atom. The minimum Gasteiger partial charge on any atom is -0.367 e. The van der Waals surface area contributed by atoms with Gasteiger partial charge in [0.2, 0.25) is 0 Å². The van der Waals surface area contributed by atoms with Crippen LogP contribution < -0.4 is 10.2 Å². The van der Waals surface area contributed by atoms with E-state index in [0.717, 1.165) is 18.2 Å². The lowest BCUT2D eigenvalue weighted by atomic mass is 10.00. The van der Waals surface area contributed by atoms with Crippen LogP contribution in [0.5, 0.6) is 0 Å². The molecular formula is C18H30N4. The summed E-state index contributed by atoms with van der Waals surface area (Å²) in [4.78, 5) is 11.5. The molecule has 0 aromatic carbocycles. The average molecular weight is 302 g/mol. The Labute approximate surface area is 134 Å². The topological polar surface area (TPSA) is 41.0 Å². The normalized spacial score (nSPS) is 24.0. The van der Waals surface area contributed by atoms with Crippen LogP contribution in [0.15, 0.2) is 12.4 Å². The van der Waals surface area contributed by atoms with Crippen molar-refractivity contribution in [1.29, 1.82) is 0 Å². The van der Waals surface area contributed by atoms with Crippen molar-refractivity contribution in [2.75, 3.05) is 16.8 Å². The fourth-order valence-corrected chi connectivity index (χ4v) is 3.94. The summed E-state index contributed by atoms with van der Waals surface area (Å²) in [6, 6.07) is 3.40. The average Bonchev–Trinajstić information content (AvgIpc) is 2.84. The van der Waals surface area contributed by atoms with Gasteiger partial charge in [0.1, 0.15) is 18.0 Å². The van der Waals surface area contributed by atoms with Crippen molar-refractivity contribution in [1.82, 2.24) is 9.97 Å². The monoisotopic (exact) mass is 302 g/mol. The van der Waals surface area contributed by atoms with Crippen molar-refractivity contribution >= 4 is 11.6 Å². The van der Waals surface area contributed by atoms with Crippen molar-refractivity contribution in [3.05, 3.63) is 12.4 Å². The number of nitrogens with one attached hydrogen (secondary N) is 1. The molecular weight excluding hydrogens is 272 g/mol. The van der Waals surface area contributed by atoms with E-state index in [9.17, 15) is 0 Å². The lowest BCUT2D eigenvalue weighted by Gasteiger charge is -2.36. The molecule has 1 unspecified atom stereocenters. The number of aromatic nitrogens is 2. The molecule has 1 aliphatic heterocycles. The molecule has 4 nitrogen and oxygen atoms in total. The second-order valence-corrected chi connectivity index (χ2v) is 6.85. The number of rotatable bonds is 4. The molecule has 0 radical (unpaired) electrons. The zero-order chi connectivity index (χ0) is 15.2. The van der Waals surface area contributed by atoms with Crippen molar-refractivity contribution in [2.24, 2.45) is 0 Å². The summed E-state index contributed by atoms with van der Waals surface area (Å²) in [5.41, 5.74) is 0. The van der Waals surface area contributed by atoms with Gasteiger partial charge in [-0.1, -0.05) is 32.6 Å². The zero-order valence-corrected chi connectivity index (χ0v) is 13.9. The lowest BCUT2D eigenvalue weighted by molar-refractivity contribution is 0.446. The third kappa shape index (κ3) is 3.90. The van der Waals surface area contributed by atoms with Crippen molar-refractivity contribution < 1.29 is 0 Å². The first-order valence-electron chi connectivity index (χ1n) is 9.22. The molecule has 0 amide bonds. The summed E-state index contributed by atoms with van der Waals surface area (Å²) in [6.07, 6.45) is 14.9. The van der Waals surface area contributed by atoms with E-state index in [-0.39, 0.29) is 0 Å². The predicted molar refractivity (Wildman–Crippen MR) is 92.4 cm³/mol. The van der Waals surface area contributed by atoms with Gasteiger partial charge in [0.05, 0.1) is 0 Å². The van der Waals surface area contributed by atoms with Gasteiger partial charge in [-0.15, -0.1) is 0 Å². The van der Waals surface area contributed by atoms with Gasteiger partial charge in [-0.2, -0.15) is 0 Å². The lowest BCUT2D eigenvalue weighted by Crippen LogP contribution is -2.39. The molecule has 2 heterocycles. The van der Waals surface area contributed by atoms with E-state index in [1.54, 1.807) is 6.33 Å². The van der Waals surface area contributed by atoms with Crippen LogP contribution in [-0.2, 0) is 0 Å². The Balaban J connectivity index is 1.68. The highest BCUT2D eigenvalue weighted by molar-refractivity contribution is 5.49. The minimum atomic E-state index is 0.591. The summed E-state index contributed by atoms with van der Waals surface area (Å²) in [6.45, 7) is 3.42. The second kappa shape index (κ2) is 7.80. The van der Waals surface area contributed by atoms with Gasteiger partial charge >= 0.3 is 0 Å². The molecule has 1 aliphatic carbocycles. The van der Waals surface area contributed by atoms with E-state index in [0.29, 0.717) is 12.1 Å². The zero-order valence-electron chi connectivity index (χ0n) is 13.9. The molecule has 22 heavy (non-hydrogen) atoms. The first-order valence-corrected chi connectivity index (χ1v) is 9.22. The van der Waals surface area contributed by atoms with Crippen LogP contribution in [0.1, 0.15) is 71.1 Å². The van der Waals surface area contributed by atoms with Crippen LogP contribution in [0.25, 0.3) is 0 Å². The maximum atomic E-state index is 4.55. The standard InChI is InChI=1S/C18H30N4/c1-2-16-11-7-8-12-22(16)18-13-17(19-14-20-18)21-15-9-5-3-4-6-10-15/h13-16H,2-12H2,1H3,(H,19,20,21). The number of anilines is 2. The highest BCUT2D eigenvalue weighted by Crippen LogP contribution is 2.27. The van der Waals surface area contributed by atoms with Crippen molar-refractivity contribution in [3.8, 4) is 0 Å². The van der Waals surface area contributed by atoms with E-state index < -0.39 is 0 Å². The fraction of sp³-hybridized carbons (Fsp3) is 0.778. The molecule has 0 spiro atoms. The first kappa shape index (κ1) is 15.6. The maximum absolute atomic E-state index is 4.55. The highest BCUT2D eigenvalue weighted by Gasteiger charge is 2.22. The first-order chi connectivity index (χ1) is 10.9. The number of hydrogen-bond acceptors (Lipinski definition) is 4. The summed E-state index contributed by atoms with van der Waals surface area (Å²) in [5, 5.41) is 3.66. The summed E-state index contributed by atoms with van der Waals surface area (Å²) in [7, 11) is 0. The van der Waals surface area contributed by atoms with E-state index in [1.807, 2.05) is 0 Å². The molecule has 3 rings (SSSR count). The molecule has 1 saturated heterocycles. The molecule has 0 bridgehead atoms. The third-order valence-electron chi connectivity index (χ3n) is 5.25.